The number of amides is 1. The molecule has 0 atom stereocenters. The molecule has 144 valence electrons. The molecule has 0 saturated heterocycles. The number of hydrogen-bond acceptors (Lipinski definition) is 3. The second kappa shape index (κ2) is 8.29. The van der Waals surface area contributed by atoms with Crippen molar-refractivity contribution in [1.29, 1.82) is 0 Å². The Morgan fingerprint density at radius 3 is 2.44 bits per heavy atom. The molecule has 6 nitrogen and oxygen atoms in total. The van der Waals surface area contributed by atoms with Gasteiger partial charge in [0.05, 0.1) is 5.56 Å². The van der Waals surface area contributed by atoms with Gasteiger partial charge in [-0.25, -0.2) is 4.79 Å². The van der Waals surface area contributed by atoms with E-state index in [4.69, 9.17) is 9.84 Å². The van der Waals surface area contributed by atoms with Crippen LogP contribution in [0, 0.1) is 13.8 Å². The number of rotatable bonds is 6. The van der Waals surface area contributed by atoms with Gasteiger partial charge in [-0.2, -0.15) is 0 Å². The van der Waals surface area contributed by atoms with Crippen LogP contribution in [0.3, 0.4) is 0 Å². The molecule has 2 N–H and O–H groups in total. The van der Waals surface area contributed by atoms with E-state index in [2.05, 4.69) is 16.8 Å². The largest absolute Gasteiger partial charge is 0.482 e. The molecule has 1 amide bonds. The lowest BCUT2D eigenvalue weighted by Gasteiger charge is -2.26. The highest BCUT2D eigenvalue weighted by Gasteiger charge is 2.22. The molecule has 0 radical (unpaired) electrons. The van der Waals surface area contributed by atoms with Gasteiger partial charge in [-0.1, -0.05) is 19.3 Å². The minimum absolute atomic E-state index is 0.135. The van der Waals surface area contributed by atoms with Crippen LogP contribution in [0.2, 0.25) is 0 Å². The lowest BCUT2D eigenvalue weighted by atomic mass is 9.95. The van der Waals surface area contributed by atoms with Crippen molar-refractivity contribution in [3.8, 4) is 5.75 Å². The van der Waals surface area contributed by atoms with Crippen molar-refractivity contribution >= 4 is 17.6 Å². The van der Waals surface area contributed by atoms with Crippen LogP contribution in [0.5, 0.6) is 5.75 Å². The Labute approximate surface area is 159 Å². The van der Waals surface area contributed by atoms with Gasteiger partial charge in [-0.3, -0.25) is 4.79 Å². The second-order valence-corrected chi connectivity index (χ2v) is 7.11. The highest BCUT2D eigenvalue weighted by Crippen LogP contribution is 2.32. The zero-order chi connectivity index (χ0) is 19.4. The Bertz CT molecular complexity index is 817. The van der Waals surface area contributed by atoms with Gasteiger partial charge in [0.2, 0.25) is 0 Å². The summed E-state index contributed by atoms with van der Waals surface area (Å²) >= 11 is 0. The summed E-state index contributed by atoms with van der Waals surface area (Å²) in [6, 6.07) is 9.15. The fourth-order valence-electron chi connectivity index (χ4n) is 3.89. The number of carbonyl (C=O) groups is 2. The first-order valence-electron chi connectivity index (χ1n) is 9.40. The monoisotopic (exact) mass is 370 g/mol. The number of anilines is 1. The van der Waals surface area contributed by atoms with Crippen molar-refractivity contribution in [2.75, 3.05) is 11.9 Å². The van der Waals surface area contributed by atoms with E-state index in [0.717, 1.165) is 11.4 Å². The van der Waals surface area contributed by atoms with Gasteiger partial charge in [-0.05, 0) is 57.0 Å². The number of nitrogens with zero attached hydrogens (tertiary/aromatic N) is 1. The van der Waals surface area contributed by atoms with E-state index in [1.54, 1.807) is 24.3 Å². The highest BCUT2D eigenvalue weighted by molar-refractivity contribution is 6.05. The molecule has 0 unspecified atom stereocenters. The van der Waals surface area contributed by atoms with E-state index >= 15 is 0 Å². The van der Waals surface area contributed by atoms with E-state index in [-0.39, 0.29) is 5.91 Å². The summed E-state index contributed by atoms with van der Waals surface area (Å²) in [5.74, 6) is -0.712. The molecule has 1 fully saturated rings. The van der Waals surface area contributed by atoms with Crippen molar-refractivity contribution < 1.29 is 19.4 Å². The maximum Gasteiger partial charge on any atom is 0.341 e. The van der Waals surface area contributed by atoms with Crippen molar-refractivity contribution in [2.45, 2.75) is 52.0 Å². The molecule has 0 bridgehead atoms. The third kappa shape index (κ3) is 4.51. The van der Waals surface area contributed by atoms with Crippen LogP contribution in [0.4, 0.5) is 5.69 Å². The number of ether oxygens (including phenoxy) is 1. The topological polar surface area (TPSA) is 80.6 Å². The molecule has 1 aromatic carbocycles. The quantitative estimate of drug-likeness (QED) is 0.793. The van der Waals surface area contributed by atoms with Gasteiger partial charge in [0.1, 0.15) is 5.75 Å². The number of hydrogen-bond donors (Lipinski definition) is 2. The van der Waals surface area contributed by atoms with Crippen molar-refractivity contribution in [1.82, 2.24) is 4.57 Å². The number of carbonyl (C=O) groups excluding carboxylic acids is 1. The van der Waals surface area contributed by atoms with Crippen LogP contribution in [-0.4, -0.2) is 28.2 Å². The number of nitrogens with one attached hydrogen (secondary N) is 1. The number of benzene rings is 1. The first-order chi connectivity index (χ1) is 13.0. The number of carboxylic acid groups (broad SMARTS) is 1. The fourth-order valence-corrected chi connectivity index (χ4v) is 3.89. The van der Waals surface area contributed by atoms with Gasteiger partial charge in [0.15, 0.2) is 6.61 Å². The van der Waals surface area contributed by atoms with Crippen LogP contribution in [-0.2, 0) is 4.79 Å². The predicted molar refractivity (Wildman–Crippen MR) is 104 cm³/mol. The lowest BCUT2D eigenvalue weighted by molar-refractivity contribution is -0.139. The first kappa shape index (κ1) is 19.0. The summed E-state index contributed by atoms with van der Waals surface area (Å²) in [5.41, 5.74) is 3.48. The van der Waals surface area contributed by atoms with E-state index < -0.39 is 12.6 Å². The molecular formula is C21H26N2O4. The minimum atomic E-state index is -1.03. The Kier molecular flexibility index (Phi) is 5.84. The Balaban J connectivity index is 1.70. The van der Waals surface area contributed by atoms with Crippen LogP contribution in [0.25, 0.3) is 0 Å². The zero-order valence-corrected chi connectivity index (χ0v) is 15.8. The summed E-state index contributed by atoms with van der Waals surface area (Å²) < 4.78 is 7.42. The number of aromatic nitrogens is 1. The highest BCUT2D eigenvalue weighted by atomic mass is 16.5. The summed E-state index contributed by atoms with van der Waals surface area (Å²) in [6.07, 6.45) is 6.15. The predicted octanol–water partition coefficient (Wildman–Crippen LogP) is 4.33. The first-order valence-corrected chi connectivity index (χ1v) is 9.40. The summed E-state index contributed by atoms with van der Waals surface area (Å²) in [5, 5.41) is 11.5. The van der Waals surface area contributed by atoms with Gasteiger partial charge in [0.25, 0.3) is 5.91 Å². The molecule has 27 heavy (non-hydrogen) atoms. The summed E-state index contributed by atoms with van der Waals surface area (Å²) in [7, 11) is 0. The third-order valence-corrected chi connectivity index (χ3v) is 5.14. The number of aryl methyl sites for hydroxylation is 1. The van der Waals surface area contributed by atoms with Crippen LogP contribution in [0.15, 0.2) is 30.3 Å². The van der Waals surface area contributed by atoms with Gasteiger partial charge in [-0.15, -0.1) is 0 Å². The van der Waals surface area contributed by atoms with E-state index in [1.807, 2.05) is 13.0 Å². The molecule has 3 rings (SSSR count). The molecule has 1 aliphatic carbocycles. The van der Waals surface area contributed by atoms with Crippen LogP contribution >= 0.6 is 0 Å². The van der Waals surface area contributed by atoms with Crippen LogP contribution < -0.4 is 10.1 Å². The Morgan fingerprint density at radius 1 is 1.15 bits per heavy atom. The van der Waals surface area contributed by atoms with E-state index in [1.165, 1.54) is 32.1 Å². The zero-order valence-electron chi connectivity index (χ0n) is 15.8. The normalized spacial score (nSPS) is 14.7. The van der Waals surface area contributed by atoms with Crippen molar-refractivity contribution in [3.05, 3.63) is 47.3 Å². The maximum absolute atomic E-state index is 12.7. The Hall–Kier alpha value is -2.76. The van der Waals surface area contributed by atoms with Crippen LogP contribution in [0.1, 0.15) is 59.9 Å². The lowest BCUT2D eigenvalue weighted by Crippen LogP contribution is -2.17. The second-order valence-electron chi connectivity index (χ2n) is 7.11. The number of aliphatic carboxylic acids is 1. The van der Waals surface area contributed by atoms with E-state index in [0.29, 0.717) is 23.0 Å². The fraction of sp³-hybridized carbons (Fsp3) is 0.429. The van der Waals surface area contributed by atoms with Gasteiger partial charge < -0.3 is 19.7 Å². The standard InChI is InChI=1S/C21H26N2O4/c1-14-12-19(15(2)23(14)17-6-4-3-5-7-17)21(26)22-16-8-10-18(11-9-16)27-13-20(24)25/h8-12,17H,3-7,13H2,1-2H3,(H,22,26)(H,24,25). The molecule has 2 aromatic rings. The minimum Gasteiger partial charge on any atom is -0.482 e. The van der Waals surface area contributed by atoms with Crippen molar-refractivity contribution in [3.63, 3.8) is 0 Å². The SMILES string of the molecule is Cc1cc(C(=O)Nc2ccc(OCC(=O)O)cc2)c(C)n1C1CCCCC1. The molecule has 1 saturated carbocycles. The maximum atomic E-state index is 12.7. The smallest absolute Gasteiger partial charge is 0.341 e. The molecule has 1 heterocycles. The summed E-state index contributed by atoms with van der Waals surface area (Å²) in [6.45, 7) is 3.69. The average Bonchev–Trinajstić information content (AvgIpc) is 2.96. The Morgan fingerprint density at radius 2 is 1.81 bits per heavy atom. The average molecular weight is 370 g/mol. The molecule has 1 aromatic heterocycles. The van der Waals surface area contributed by atoms with E-state index in [9.17, 15) is 9.59 Å². The third-order valence-electron chi connectivity index (χ3n) is 5.14. The molecule has 1 aliphatic rings. The van der Waals surface area contributed by atoms with Crippen molar-refractivity contribution in [2.24, 2.45) is 0 Å². The molecular weight excluding hydrogens is 344 g/mol. The molecule has 0 aliphatic heterocycles. The number of carboxylic acids is 1. The van der Waals surface area contributed by atoms with Gasteiger partial charge >= 0.3 is 5.97 Å². The summed E-state index contributed by atoms with van der Waals surface area (Å²) in [4.78, 5) is 23.3. The molecule has 6 heteroatoms. The van der Waals surface area contributed by atoms with Gasteiger partial charge in [0, 0.05) is 23.1 Å². The molecule has 0 spiro atoms.